The van der Waals surface area contributed by atoms with Gasteiger partial charge in [-0.1, -0.05) is 0 Å². The summed E-state index contributed by atoms with van der Waals surface area (Å²) in [7, 11) is 2.70. The van der Waals surface area contributed by atoms with Crippen LogP contribution in [0.4, 0.5) is 0 Å². The van der Waals surface area contributed by atoms with Crippen molar-refractivity contribution >= 4 is 18.0 Å². The van der Waals surface area contributed by atoms with Gasteiger partial charge in [-0.3, -0.25) is 4.79 Å². The number of rotatable bonds is 9. The lowest BCUT2D eigenvalue weighted by atomic mass is 9.81. The first-order valence-corrected chi connectivity index (χ1v) is 13.3. The molecule has 6 N–H and O–H groups in total. The highest BCUT2D eigenvalue weighted by molar-refractivity contribution is 5.87. The normalized spacial score (nSPS) is 37.0. The van der Waals surface area contributed by atoms with Gasteiger partial charge < -0.3 is 63.8 Å². The van der Waals surface area contributed by atoms with Crippen LogP contribution in [0.15, 0.2) is 30.5 Å². The number of aromatic hydroxyl groups is 1. The Labute approximate surface area is 246 Å². The Hall–Kier alpha value is -3.44. The summed E-state index contributed by atoms with van der Waals surface area (Å²) < 4.78 is 37.7. The monoisotopic (exact) mass is 612 g/mol. The number of ether oxygens (including phenoxy) is 7. The maximum absolute atomic E-state index is 12.4. The molecular weight excluding hydrogens is 576 g/mol. The highest BCUT2D eigenvalue weighted by Gasteiger charge is 2.66. The maximum Gasteiger partial charge on any atom is 0.330 e. The Morgan fingerprint density at radius 2 is 1.70 bits per heavy atom. The predicted molar refractivity (Wildman–Crippen MR) is 142 cm³/mol. The molecule has 1 aromatic carbocycles. The molecule has 0 unspecified atom stereocenters. The molecule has 0 spiro atoms. The van der Waals surface area contributed by atoms with Crippen molar-refractivity contribution in [2.24, 2.45) is 5.92 Å². The quantitative estimate of drug-likeness (QED) is 0.147. The number of phenolic OH excluding ortho intramolecular Hbond substituents is 1. The number of esters is 2. The molecule has 1 aromatic rings. The number of phenols is 1. The third-order valence-electron chi connectivity index (χ3n) is 7.73. The van der Waals surface area contributed by atoms with Gasteiger partial charge in [-0.25, -0.2) is 4.79 Å². The van der Waals surface area contributed by atoms with Crippen LogP contribution in [0.25, 0.3) is 6.08 Å². The summed E-state index contributed by atoms with van der Waals surface area (Å²) >= 11 is 0. The van der Waals surface area contributed by atoms with Gasteiger partial charge in [0.15, 0.2) is 17.8 Å². The first-order valence-electron chi connectivity index (χ1n) is 13.3. The second-order valence-corrected chi connectivity index (χ2v) is 10.7. The zero-order chi connectivity index (χ0) is 31.7. The first kappa shape index (κ1) is 32.5. The topological polar surface area (TPSA) is 220 Å². The van der Waals surface area contributed by atoms with Crippen LogP contribution < -0.4 is 9.47 Å². The van der Waals surface area contributed by atoms with E-state index < -0.39 is 78.8 Å². The Kier molecular flexibility index (Phi) is 9.56. The van der Waals surface area contributed by atoms with Crippen molar-refractivity contribution in [3.63, 3.8) is 0 Å². The second kappa shape index (κ2) is 12.7. The summed E-state index contributed by atoms with van der Waals surface area (Å²) in [6.45, 7) is 2.07. The smallest absolute Gasteiger partial charge is 0.330 e. The fourth-order valence-electron chi connectivity index (χ4n) is 5.63. The molecule has 1 saturated carbocycles. The minimum absolute atomic E-state index is 0.112. The Morgan fingerprint density at radius 3 is 2.30 bits per heavy atom. The molecular formula is C28H36O15. The molecule has 0 bridgehead atoms. The van der Waals surface area contributed by atoms with E-state index in [9.17, 15) is 40.2 Å². The van der Waals surface area contributed by atoms with Gasteiger partial charge >= 0.3 is 11.9 Å². The van der Waals surface area contributed by atoms with Gasteiger partial charge in [-0.05, 0) is 36.8 Å². The fourth-order valence-corrected chi connectivity index (χ4v) is 5.63. The van der Waals surface area contributed by atoms with Crippen LogP contribution in [0.1, 0.15) is 25.8 Å². The largest absolute Gasteiger partial charge is 0.502 e. The van der Waals surface area contributed by atoms with E-state index in [-0.39, 0.29) is 23.7 Å². The lowest BCUT2D eigenvalue weighted by Gasteiger charge is -2.46. The van der Waals surface area contributed by atoms with Gasteiger partial charge in [-0.15, -0.1) is 0 Å². The Bertz CT molecular complexity index is 1220. The zero-order valence-corrected chi connectivity index (χ0v) is 23.9. The zero-order valence-electron chi connectivity index (χ0n) is 23.9. The number of carbonyl (C=O) groups is 2. The predicted octanol–water partition coefficient (Wildman–Crippen LogP) is -0.906. The Morgan fingerprint density at radius 1 is 1.05 bits per heavy atom. The molecule has 1 aliphatic carbocycles. The van der Waals surface area contributed by atoms with Crippen LogP contribution >= 0.6 is 0 Å². The summed E-state index contributed by atoms with van der Waals surface area (Å²) in [4.78, 5) is 24.2. The van der Waals surface area contributed by atoms with Crippen LogP contribution in [0, 0.1) is 5.92 Å². The highest BCUT2D eigenvalue weighted by Crippen LogP contribution is 2.51. The molecule has 15 nitrogen and oxygen atoms in total. The minimum Gasteiger partial charge on any atom is -0.502 e. The summed E-state index contributed by atoms with van der Waals surface area (Å²) in [6.07, 6.45) is -6.62. The number of fused-ring (bicyclic) bond motifs is 1. The highest BCUT2D eigenvalue weighted by atomic mass is 16.8. The lowest BCUT2D eigenvalue weighted by molar-refractivity contribution is -0.351. The Balaban J connectivity index is 1.44. The van der Waals surface area contributed by atoms with Crippen molar-refractivity contribution in [1.29, 1.82) is 0 Å². The molecule has 238 valence electrons. The molecule has 0 amide bonds. The van der Waals surface area contributed by atoms with E-state index in [0.29, 0.717) is 5.56 Å². The molecule has 2 heterocycles. The van der Waals surface area contributed by atoms with Crippen molar-refractivity contribution in [2.45, 2.75) is 74.6 Å². The summed E-state index contributed by atoms with van der Waals surface area (Å²) in [5.74, 6) is -2.73. The van der Waals surface area contributed by atoms with Crippen molar-refractivity contribution in [3.05, 3.63) is 36.1 Å². The minimum atomic E-state index is -1.93. The fraction of sp³-hybridized carbons (Fsp3) is 0.571. The van der Waals surface area contributed by atoms with Gasteiger partial charge in [-0.2, -0.15) is 0 Å². The average molecular weight is 613 g/mol. The van der Waals surface area contributed by atoms with E-state index in [0.717, 1.165) is 19.3 Å². The average Bonchev–Trinajstić information content (AvgIpc) is 3.15. The van der Waals surface area contributed by atoms with Crippen LogP contribution in [0.5, 0.6) is 17.2 Å². The summed E-state index contributed by atoms with van der Waals surface area (Å²) in [6, 6.07) is 2.91. The van der Waals surface area contributed by atoms with Crippen molar-refractivity contribution in [3.8, 4) is 17.2 Å². The second-order valence-electron chi connectivity index (χ2n) is 10.7. The number of hydrogen-bond acceptors (Lipinski definition) is 15. The number of benzene rings is 1. The molecule has 43 heavy (non-hydrogen) atoms. The lowest BCUT2D eigenvalue weighted by Crippen LogP contribution is -2.62. The van der Waals surface area contributed by atoms with E-state index >= 15 is 0 Å². The van der Waals surface area contributed by atoms with Gasteiger partial charge in [0.1, 0.15) is 42.2 Å². The van der Waals surface area contributed by atoms with E-state index in [2.05, 4.69) is 0 Å². The molecule has 4 rings (SSSR count). The molecule has 2 aliphatic heterocycles. The van der Waals surface area contributed by atoms with Crippen LogP contribution in [0.2, 0.25) is 0 Å². The van der Waals surface area contributed by atoms with Gasteiger partial charge in [0, 0.05) is 19.4 Å². The molecule has 15 heteroatoms. The van der Waals surface area contributed by atoms with Crippen LogP contribution in [0.3, 0.4) is 0 Å². The van der Waals surface area contributed by atoms with Gasteiger partial charge in [0.2, 0.25) is 12.0 Å². The van der Waals surface area contributed by atoms with Crippen molar-refractivity contribution < 1.29 is 73.4 Å². The van der Waals surface area contributed by atoms with Crippen LogP contribution in [-0.4, -0.2) is 118 Å². The molecule has 0 radical (unpaired) electrons. The van der Waals surface area contributed by atoms with E-state index in [4.69, 9.17) is 33.2 Å². The van der Waals surface area contributed by atoms with E-state index in [1.165, 1.54) is 45.4 Å². The van der Waals surface area contributed by atoms with Gasteiger partial charge in [0.25, 0.3) is 0 Å². The summed E-state index contributed by atoms with van der Waals surface area (Å²) in [5, 5.41) is 63.4. The number of aliphatic hydroxyl groups is 5. The number of hydrogen-bond donors (Lipinski definition) is 6. The van der Waals surface area contributed by atoms with Crippen molar-refractivity contribution in [1.82, 2.24) is 0 Å². The van der Waals surface area contributed by atoms with Crippen molar-refractivity contribution in [2.75, 3.05) is 20.8 Å². The third kappa shape index (κ3) is 6.43. The number of methoxy groups -OCH3 is 2. The number of aliphatic hydroxyl groups excluding tert-OH is 4. The first-order chi connectivity index (χ1) is 20.2. The standard InChI is InChI=1S/C28H36O15/c1-13(29)43-27(2)11-18(30)28(36)7-8-39-26(24(27)28)42-25-23(35)22(34)21(33)17(41-25)12-40-19(31)6-5-14-9-15(37-3)20(32)16(10-14)38-4/h5-10,17-18,21-26,30,32-36H,11-12H2,1-4H3/b6-5+/t17-,18-,21-,22+,23-,24-,25+,26+,27-,28-/m1/s1. The van der Waals surface area contributed by atoms with Crippen LogP contribution in [-0.2, 0) is 33.3 Å². The maximum atomic E-state index is 12.4. The van der Waals surface area contributed by atoms with E-state index in [1.54, 1.807) is 0 Å². The third-order valence-corrected chi connectivity index (χ3v) is 7.73. The van der Waals surface area contributed by atoms with E-state index in [1.807, 2.05) is 0 Å². The molecule has 3 aliphatic rings. The molecule has 0 aromatic heterocycles. The summed E-state index contributed by atoms with van der Waals surface area (Å²) in [5.41, 5.74) is -2.96. The van der Waals surface area contributed by atoms with Gasteiger partial charge in [0.05, 0.1) is 32.5 Å². The SMILES string of the molecule is COc1cc(/C=C/C(=O)OC[C@H]2O[C@@H](O[C@@H]3OC=C[C@@]4(O)[C@H](O)C[C@@](C)(OC(C)=O)[C@@H]34)[C@H](O)[C@@H](O)[C@@H]2O)cc(OC)c1O. The molecule has 2 fully saturated rings. The molecule has 1 saturated heterocycles. The molecule has 10 atom stereocenters. The number of carbonyl (C=O) groups excluding carboxylic acids is 2.